The summed E-state index contributed by atoms with van der Waals surface area (Å²) in [6, 6.07) is 6.60. The number of hydrogen-bond donors (Lipinski definition) is 1. The summed E-state index contributed by atoms with van der Waals surface area (Å²) in [5.41, 5.74) is -0.208. The maximum atomic E-state index is 12.8. The lowest BCUT2D eigenvalue weighted by atomic mass is 10.1. The van der Waals surface area contributed by atoms with Crippen LogP contribution in [0.15, 0.2) is 33.9 Å². The molecule has 0 radical (unpaired) electrons. The van der Waals surface area contributed by atoms with Crippen molar-refractivity contribution in [3.8, 4) is 0 Å². The van der Waals surface area contributed by atoms with Crippen LogP contribution in [0.25, 0.3) is 10.9 Å². The molecule has 6 heteroatoms. The Morgan fingerprint density at radius 1 is 1.26 bits per heavy atom. The molecule has 0 unspecified atom stereocenters. The molecule has 1 atom stereocenters. The molecule has 0 spiro atoms. The van der Waals surface area contributed by atoms with Crippen molar-refractivity contribution in [2.45, 2.75) is 51.7 Å². The van der Waals surface area contributed by atoms with Crippen LogP contribution in [0, 0.1) is 0 Å². The molecule has 0 saturated heterocycles. The standard InChI is InChI=1S/C17H21N3O3/c1-3-13(15(21)18-11-9-10-11)20-14-8-6-5-7-12(14)16(22)19(4-2)17(20)23/h5-8,11,13H,3-4,9-10H2,1-2H3,(H,18,21)/t13-/m1/s1. The minimum absolute atomic E-state index is 0.149. The Bertz CT molecular complexity index is 861. The van der Waals surface area contributed by atoms with Gasteiger partial charge in [0.05, 0.1) is 10.9 Å². The first-order valence-corrected chi connectivity index (χ1v) is 8.12. The van der Waals surface area contributed by atoms with Crippen molar-refractivity contribution in [2.75, 3.05) is 0 Å². The van der Waals surface area contributed by atoms with E-state index in [9.17, 15) is 14.4 Å². The topological polar surface area (TPSA) is 73.1 Å². The van der Waals surface area contributed by atoms with Gasteiger partial charge in [-0.1, -0.05) is 19.1 Å². The predicted octanol–water partition coefficient (Wildman–Crippen LogP) is 1.41. The Labute approximate surface area is 133 Å². The molecule has 3 rings (SSSR count). The maximum Gasteiger partial charge on any atom is 0.332 e. The quantitative estimate of drug-likeness (QED) is 0.907. The number of nitrogens with one attached hydrogen (secondary N) is 1. The Kier molecular flexibility index (Phi) is 4.07. The smallest absolute Gasteiger partial charge is 0.332 e. The lowest BCUT2D eigenvalue weighted by Crippen LogP contribution is -2.45. The first-order chi connectivity index (χ1) is 11.1. The van der Waals surface area contributed by atoms with E-state index in [-0.39, 0.29) is 24.1 Å². The maximum absolute atomic E-state index is 12.8. The summed E-state index contributed by atoms with van der Waals surface area (Å²) in [6.45, 7) is 3.91. The molecular formula is C17H21N3O3. The van der Waals surface area contributed by atoms with Crippen molar-refractivity contribution in [1.82, 2.24) is 14.5 Å². The molecule has 1 aromatic carbocycles. The molecule has 2 aromatic rings. The summed E-state index contributed by atoms with van der Waals surface area (Å²) in [6.07, 6.45) is 2.48. The van der Waals surface area contributed by atoms with Crippen molar-refractivity contribution in [2.24, 2.45) is 0 Å². The van der Waals surface area contributed by atoms with Gasteiger partial charge in [-0.15, -0.1) is 0 Å². The average Bonchev–Trinajstić information content (AvgIpc) is 3.35. The van der Waals surface area contributed by atoms with E-state index in [1.165, 1.54) is 9.13 Å². The molecule has 0 bridgehead atoms. The third-order valence-electron chi connectivity index (χ3n) is 4.32. The number of benzene rings is 1. The van der Waals surface area contributed by atoms with E-state index in [4.69, 9.17) is 0 Å². The van der Waals surface area contributed by atoms with Gasteiger partial charge in [0.1, 0.15) is 6.04 Å². The van der Waals surface area contributed by atoms with E-state index in [0.29, 0.717) is 17.3 Å². The molecule has 0 aliphatic heterocycles. The summed E-state index contributed by atoms with van der Waals surface area (Å²) in [7, 11) is 0. The highest BCUT2D eigenvalue weighted by Gasteiger charge is 2.29. The zero-order valence-corrected chi connectivity index (χ0v) is 13.4. The minimum atomic E-state index is -0.605. The average molecular weight is 315 g/mol. The molecule has 1 aliphatic rings. The van der Waals surface area contributed by atoms with E-state index in [0.717, 1.165) is 12.8 Å². The van der Waals surface area contributed by atoms with Gasteiger partial charge >= 0.3 is 5.69 Å². The van der Waals surface area contributed by atoms with Crippen LogP contribution in [0.2, 0.25) is 0 Å². The number of amides is 1. The molecule has 1 saturated carbocycles. The number of carbonyl (C=O) groups is 1. The molecule has 23 heavy (non-hydrogen) atoms. The monoisotopic (exact) mass is 315 g/mol. The number of fused-ring (bicyclic) bond motifs is 1. The van der Waals surface area contributed by atoms with Gasteiger partial charge < -0.3 is 5.32 Å². The molecule has 1 N–H and O–H groups in total. The molecule has 1 aromatic heterocycles. The van der Waals surface area contributed by atoms with Crippen molar-refractivity contribution in [1.29, 1.82) is 0 Å². The molecule has 1 heterocycles. The zero-order valence-electron chi connectivity index (χ0n) is 13.4. The molecule has 1 amide bonds. The Morgan fingerprint density at radius 3 is 2.57 bits per heavy atom. The third kappa shape index (κ3) is 2.69. The van der Waals surface area contributed by atoms with Gasteiger partial charge in [0.2, 0.25) is 5.91 Å². The van der Waals surface area contributed by atoms with E-state index >= 15 is 0 Å². The van der Waals surface area contributed by atoms with Gasteiger partial charge in [-0.3, -0.25) is 18.7 Å². The van der Waals surface area contributed by atoms with Crippen LogP contribution in [-0.4, -0.2) is 21.1 Å². The van der Waals surface area contributed by atoms with E-state index in [1.54, 1.807) is 31.2 Å². The second-order valence-corrected chi connectivity index (χ2v) is 5.93. The van der Waals surface area contributed by atoms with E-state index in [2.05, 4.69) is 5.32 Å². The fourth-order valence-electron chi connectivity index (χ4n) is 2.92. The molecule has 6 nitrogen and oxygen atoms in total. The summed E-state index contributed by atoms with van der Waals surface area (Å²) in [4.78, 5) is 37.8. The number of hydrogen-bond acceptors (Lipinski definition) is 3. The lowest BCUT2D eigenvalue weighted by Gasteiger charge is -2.21. The van der Waals surface area contributed by atoms with E-state index in [1.807, 2.05) is 6.92 Å². The Balaban J connectivity index is 2.23. The van der Waals surface area contributed by atoms with Gasteiger partial charge in [-0.2, -0.15) is 0 Å². The lowest BCUT2D eigenvalue weighted by molar-refractivity contribution is -0.124. The van der Waals surface area contributed by atoms with Crippen molar-refractivity contribution in [3.05, 3.63) is 45.1 Å². The fraction of sp³-hybridized carbons (Fsp3) is 0.471. The normalized spacial score (nSPS) is 15.6. The number of carbonyl (C=O) groups excluding carboxylic acids is 1. The van der Waals surface area contributed by atoms with Crippen LogP contribution >= 0.6 is 0 Å². The van der Waals surface area contributed by atoms with Crippen molar-refractivity contribution < 1.29 is 4.79 Å². The largest absolute Gasteiger partial charge is 0.352 e. The van der Waals surface area contributed by atoms with Gasteiger partial charge in [0.25, 0.3) is 5.56 Å². The SMILES string of the molecule is CC[C@H](C(=O)NC1CC1)n1c(=O)n(CC)c(=O)c2ccccc21. The van der Waals surface area contributed by atoms with Gasteiger partial charge in [-0.05, 0) is 38.3 Å². The Morgan fingerprint density at radius 2 is 1.96 bits per heavy atom. The highest BCUT2D eigenvalue weighted by Crippen LogP contribution is 2.22. The first-order valence-electron chi connectivity index (χ1n) is 8.12. The number of rotatable bonds is 5. The van der Waals surface area contributed by atoms with Gasteiger partial charge in [-0.25, -0.2) is 4.79 Å². The van der Waals surface area contributed by atoms with Crippen LogP contribution in [0.1, 0.15) is 39.2 Å². The van der Waals surface area contributed by atoms with Crippen molar-refractivity contribution >= 4 is 16.8 Å². The highest BCUT2D eigenvalue weighted by molar-refractivity contribution is 5.84. The Hall–Kier alpha value is -2.37. The summed E-state index contributed by atoms with van der Waals surface area (Å²) in [5, 5.41) is 3.43. The number of aromatic nitrogens is 2. The summed E-state index contributed by atoms with van der Waals surface area (Å²) >= 11 is 0. The zero-order chi connectivity index (χ0) is 16.6. The van der Waals surface area contributed by atoms with Gasteiger partial charge in [0, 0.05) is 12.6 Å². The minimum Gasteiger partial charge on any atom is -0.352 e. The van der Waals surface area contributed by atoms with Crippen LogP contribution in [0.5, 0.6) is 0 Å². The third-order valence-corrected chi connectivity index (χ3v) is 4.32. The van der Waals surface area contributed by atoms with E-state index < -0.39 is 11.7 Å². The van der Waals surface area contributed by atoms with Crippen molar-refractivity contribution in [3.63, 3.8) is 0 Å². The molecular weight excluding hydrogens is 294 g/mol. The number of nitrogens with zero attached hydrogens (tertiary/aromatic N) is 2. The summed E-state index contributed by atoms with van der Waals surface area (Å²) < 4.78 is 2.66. The molecule has 1 fully saturated rings. The second kappa shape index (κ2) is 6.02. The molecule has 1 aliphatic carbocycles. The second-order valence-electron chi connectivity index (χ2n) is 5.93. The summed E-state index contributed by atoms with van der Waals surface area (Å²) in [5.74, 6) is -0.149. The fourth-order valence-corrected chi connectivity index (χ4v) is 2.92. The predicted molar refractivity (Wildman–Crippen MR) is 88.6 cm³/mol. The van der Waals surface area contributed by atoms with Crippen LogP contribution in [0.4, 0.5) is 0 Å². The van der Waals surface area contributed by atoms with Gasteiger partial charge in [0.15, 0.2) is 0 Å². The van der Waals surface area contributed by atoms with Crippen LogP contribution in [0.3, 0.4) is 0 Å². The van der Waals surface area contributed by atoms with Crippen LogP contribution < -0.4 is 16.6 Å². The highest BCUT2D eigenvalue weighted by atomic mass is 16.2. The molecule has 122 valence electrons. The number of para-hydroxylation sites is 1. The van der Waals surface area contributed by atoms with Crippen LogP contribution in [-0.2, 0) is 11.3 Å². The first kappa shape index (κ1) is 15.5.